The number of nitrogens with one attached hydrogen (secondary N) is 9. The summed E-state index contributed by atoms with van der Waals surface area (Å²) >= 11 is 0. The lowest BCUT2D eigenvalue weighted by Gasteiger charge is -2.30. The van der Waals surface area contributed by atoms with Gasteiger partial charge >= 0.3 is 0 Å². The van der Waals surface area contributed by atoms with Crippen molar-refractivity contribution < 1.29 is 53.0 Å². The van der Waals surface area contributed by atoms with Crippen molar-refractivity contribution in [2.75, 3.05) is 43.8 Å². The molecular weight excluding hydrogens is 1050 g/mol. The van der Waals surface area contributed by atoms with Crippen LogP contribution in [0.4, 0.5) is 22.7 Å². The first-order valence-electron chi connectivity index (χ1n) is 27.4. The second-order valence-electron chi connectivity index (χ2n) is 20.5. The van der Waals surface area contributed by atoms with Gasteiger partial charge in [-0.15, -0.1) is 0 Å². The van der Waals surface area contributed by atoms with E-state index in [1.807, 2.05) is 6.92 Å². The summed E-state index contributed by atoms with van der Waals surface area (Å²) in [6, 6.07) is 2.46. The van der Waals surface area contributed by atoms with Gasteiger partial charge in [-0.25, -0.2) is 0 Å². The van der Waals surface area contributed by atoms with Gasteiger partial charge in [-0.1, -0.05) is 60.1 Å². The number of nitro groups is 2. The Kier molecular flexibility index (Phi) is 31.0. The van der Waals surface area contributed by atoms with Gasteiger partial charge in [0.15, 0.2) is 0 Å². The normalized spacial score (nSPS) is 13.7. The predicted molar refractivity (Wildman–Crippen MR) is 303 cm³/mol. The zero-order valence-electron chi connectivity index (χ0n) is 47.3. The molecule has 0 bridgehead atoms. The molecule has 0 saturated heterocycles. The van der Waals surface area contributed by atoms with Gasteiger partial charge in [-0.3, -0.25) is 63.4 Å². The average molecular weight is 1140 g/mol. The van der Waals surface area contributed by atoms with E-state index in [-0.39, 0.29) is 62.8 Å². The summed E-state index contributed by atoms with van der Waals surface area (Å²) in [5.41, 5.74) is 23.0. The molecule has 0 saturated carbocycles. The number of carbonyl (C=O) groups excluding carboxylic acids is 9. The lowest BCUT2D eigenvalue weighted by Crippen LogP contribution is -2.61. The van der Waals surface area contributed by atoms with E-state index < -0.39 is 123 Å². The summed E-state index contributed by atoms with van der Waals surface area (Å²) < 4.78 is 0. The largest absolute Gasteiger partial charge is 0.398 e. The van der Waals surface area contributed by atoms with Crippen molar-refractivity contribution in [3.8, 4) is 0 Å². The second-order valence-corrected chi connectivity index (χ2v) is 20.5. The maximum absolute atomic E-state index is 14.2. The number of benzene rings is 2. The van der Waals surface area contributed by atoms with Gasteiger partial charge in [0.1, 0.15) is 35.9 Å². The maximum atomic E-state index is 14.2. The third-order valence-corrected chi connectivity index (χ3v) is 13.2. The van der Waals surface area contributed by atoms with Crippen molar-refractivity contribution in [2.24, 2.45) is 35.0 Å². The van der Waals surface area contributed by atoms with Crippen LogP contribution in [0.15, 0.2) is 42.5 Å². The monoisotopic (exact) mass is 1140 g/mol. The molecule has 28 nitrogen and oxygen atoms in total. The molecule has 9 amide bonds. The highest BCUT2D eigenvalue weighted by atomic mass is 16.6. The van der Waals surface area contributed by atoms with Gasteiger partial charge in [0.2, 0.25) is 47.3 Å². The van der Waals surface area contributed by atoms with Crippen LogP contribution in [0.1, 0.15) is 129 Å². The van der Waals surface area contributed by atoms with Gasteiger partial charge < -0.3 is 70.8 Å². The minimum atomic E-state index is -1.40. The maximum Gasteiger partial charge on any atom is 0.299 e. The lowest BCUT2D eigenvalue weighted by molar-refractivity contribution is -0.393. The number of rotatable bonds is 39. The highest BCUT2D eigenvalue weighted by Gasteiger charge is 2.36. The summed E-state index contributed by atoms with van der Waals surface area (Å²) in [7, 11) is 0. The fourth-order valence-electron chi connectivity index (χ4n) is 8.17. The van der Waals surface area contributed by atoms with Crippen molar-refractivity contribution in [3.05, 3.63) is 68.3 Å². The van der Waals surface area contributed by atoms with Gasteiger partial charge in [-0.05, 0) is 107 Å². The van der Waals surface area contributed by atoms with E-state index in [0.29, 0.717) is 69.2 Å². The SMILES string of the molecule is CCC(C)[C@H](NC(=O)[C@@H](NC(=O)[C@H](CCCCN)NC(=O)[C@@H](NC(=O)[C@H](CCC(=O)NCCCCCNC(=O)c1ccccc1N)NC(=O)[C@@H](N)CCCCNc1ccc([N+](=O)[O-])cc1[N+](=O)[O-])C(C)C)C(C)C)C(=O)NCC(N)=O. The molecule has 1 unspecified atom stereocenters. The Morgan fingerprint density at radius 1 is 0.593 bits per heavy atom. The summed E-state index contributed by atoms with van der Waals surface area (Å²) in [4.78, 5) is 141. The molecule has 0 radical (unpaired) electrons. The molecule has 81 heavy (non-hydrogen) atoms. The van der Waals surface area contributed by atoms with Crippen LogP contribution in [0.5, 0.6) is 0 Å². The van der Waals surface area contributed by atoms with E-state index in [9.17, 15) is 63.4 Å². The Morgan fingerprint density at radius 2 is 1.15 bits per heavy atom. The quantitative estimate of drug-likeness (QED) is 0.0192. The zero-order valence-corrected chi connectivity index (χ0v) is 47.3. The molecule has 450 valence electrons. The number of carbonyl (C=O) groups is 9. The molecule has 0 aliphatic heterocycles. The predicted octanol–water partition coefficient (Wildman–Crippen LogP) is 1.00. The molecular formula is C53H85N15O13. The highest BCUT2D eigenvalue weighted by molar-refractivity contribution is 5.99. The number of para-hydroxylation sites is 1. The molecule has 0 fully saturated rings. The third-order valence-electron chi connectivity index (χ3n) is 13.2. The Morgan fingerprint density at radius 3 is 1.72 bits per heavy atom. The van der Waals surface area contributed by atoms with E-state index in [2.05, 4.69) is 47.9 Å². The molecule has 2 rings (SSSR count). The van der Waals surface area contributed by atoms with Gasteiger partial charge in [0.25, 0.3) is 17.3 Å². The standard InChI is InChI=1S/C53H85N15O13/c1-7-33(6)46(51(75)61-30-42(57)69)66-53(77)45(32(4)5)65-49(73)39(20-11-13-25-54)63-52(76)44(31(2)3)64-50(74)40(23-24-43(70)59-27-14-8-15-28-60-47(71)35-17-9-10-18-36(35)55)62-48(72)37(56)19-12-16-26-58-38-22-21-34(67(78)79)29-41(38)68(80)81/h9-10,17-18,21-22,29,31-33,37,39-40,44-46,58H,7-8,11-16,19-20,23-28,30,54-56H2,1-6H3,(H2,57,69)(H,59,70)(H,60,71)(H,61,75)(H,62,72)(H,63,76)(H,64,74)(H,65,73)(H,66,77)/t33?,37-,39-,40-,44-,45-,46-/m0/s1. The number of nitrogens with zero attached hydrogens (tertiary/aromatic N) is 2. The lowest BCUT2D eigenvalue weighted by atomic mass is 9.96. The van der Waals surface area contributed by atoms with E-state index in [1.165, 1.54) is 6.07 Å². The van der Waals surface area contributed by atoms with Crippen molar-refractivity contribution in [2.45, 2.75) is 155 Å². The van der Waals surface area contributed by atoms with E-state index in [0.717, 1.165) is 12.1 Å². The first-order valence-corrected chi connectivity index (χ1v) is 27.4. The number of unbranched alkanes of at least 4 members (excludes halogenated alkanes) is 4. The van der Waals surface area contributed by atoms with Crippen LogP contribution in [0.3, 0.4) is 0 Å². The molecule has 2 aromatic rings. The number of primary amides is 1. The Bertz CT molecular complexity index is 2460. The van der Waals surface area contributed by atoms with E-state index >= 15 is 0 Å². The van der Waals surface area contributed by atoms with Crippen molar-refractivity contribution >= 4 is 75.9 Å². The topological polar surface area (TPSA) is 452 Å². The molecule has 0 heterocycles. The van der Waals surface area contributed by atoms with Crippen molar-refractivity contribution in [1.29, 1.82) is 0 Å². The number of nitrogen functional groups attached to an aromatic ring is 1. The first-order chi connectivity index (χ1) is 38.3. The number of non-ortho nitro benzene ring substituents is 1. The van der Waals surface area contributed by atoms with Crippen molar-refractivity contribution in [1.82, 2.24) is 42.5 Å². The fraction of sp³-hybridized carbons (Fsp3) is 0.604. The number of nitrogens with two attached hydrogens (primary N) is 4. The van der Waals surface area contributed by atoms with Crippen LogP contribution >= 0.6 is 0 Å². The average Bonchev–Trinajstić information content (AvgIpc) is 3.44. The van der Waals surface area contributed by atoms with E-state index in [4.69, 9.17) is 22.9 Å². The van der Waals surface area contributed by atoms with Crippen molar-refractivity contribution in [3.63, 3.8) is 0 Å². The molecule has 28 heteroatoms. The van der Waals surface area contributed by atoms with Gasteiger partial charge in [-0.2, -0.15) is 0 Å². The number of nitro benzene ring substituents is 2. The summed E-state index contributed by atoms with van der Waals surface area (Å²) in [6.07, 6.45) is 3.50. The highest BCUT2D eigenvalue weighted by Crippen LogP contribution is 2.29. The van der Waals surface area contributed by atoms with Crippen LogP contribution in [-0.2, 0) is 38.4 Å². The Balaban J connectivity index is 2.25. The number of hydrogen-bond donors (Lipinski definition) is 13. The third kappa shape index (κ3) is 24.9. The fourth-order valence-corrected chi connectivity index (χ4v) is 8.17. The molecule has 0 aliphatic rings. The minimum absolute atomic E-state index is 0.0551. The van der Waals surface area contributed by atoms with Gasteiger partial charge in [0, 0.05) is 37.8 Å². The van der Waals surface area contributed by atoms with Crippen LogP contribution in [0.25, 0.3) is 0 Å². The number of anilines is 2. The molecule has 0 spiro atoms. The summed E-state index contributed by atoms with van der Waals surface area (Å²) in [5, 5.41) is 47.0. The summed E-state index contributed by atoms with van der Waals surface area (Å²) in [6.45, 7) is 10.8. The zero-order chi connectivity index (χ0) is 60.8. The molecule has 2 aromatic carbocycles. The molecule has 0 aromatic heterocycles. The van der Waals surface area contributed by atoms with E-state index in [1.54, 1.807) is 58.9 Å². The number of amides is 9. The molecule has 7 atom stereocenters. The molecule has 0 aliphatic carbocycles. The van der Waals surface area contributed by atoms with Crippen LogP contribution in [0, 0.1) is 38.0 Å². The van der Waals surface area contributed by atoms with Gasteiger partial charge in [0.05, 0.1) is 34.1 Å². The van der Waals surface area contributed by atoms with Crippen LogP contribution < -0.4 is 70.8 Å². The smallest absolute Gasteiger partial charge is 0.299 e. The molecule has 17 N–H and O–H groups in total. The second kappa shape index (κ2) is 36.3. The number of hydrogen-bond acceptors (Lipinski definition) is 17. The summed E-state index contributed by atoms with van der Waals surface area (Å²) in [5.74, 6) is -7.52. The Labute approximate surface area is 472 Å². The van der Waals surface area contributed by atoms with Crippen LogP contribution in [-0.4, -0.2) is 132 Å². The van der Waals surface area contributed by atoms with Crippen LogP contribution in [0.2, 0.25) is 0 Å². The minimum Gasteiger partial charge on any atom is -0.398 e. The first kappa shape index (κ1) is 69.1. The Hall–Kier alpha value is -8.01.